The lowest BCUT2D eigenvalue weighted by Crippen LogP contribution is -2.52. The number of hydrogen-bond donors (Lipinski definition) is 5. The van der Waals surface area contributed by atoms with Gasteiger partial charge in [0.1, 0.15) is 11.4 Å². The van der Waals surface area contributed by atoms with Crippen molar-refractivity contribution in [3.63, 3.8) is 0 Å². The van der Waals surface area contributed by atoms with Gasteiger partial charge in [-0.05, 0) is 86.5 Å². The predicted molar refractivity (Wildman–Crippen MR) is 194 cm³/mol. The second-order valence-electron chi connectivity index (χ2n) is 13.9. The lowest BCUT2D eigenvalue weighted by atomic mass is 9.62. The molecule has 6 heteroatoms. The Morgan fingerprint density at radius 3 is 2.04 bits per heavy atom. The Kier molecular flexibility index (Phi) is 8.11. The monoisotopic (exact) mass is 627 g/mol. The molecule has 1 heterocycles. The van der Waals surface area contributed by atoms with E-state index in [1.807, 2.05) is 24.3 Å². The van der Waals surface area contributed by atoms with Crippen LogP contribution in [0.5, 0.6) is 5.75 Å². The normalized spacial score (nSPS) is 21.1. The highest BCUT2D eigenvalue weighted by atomic mass is 16.3. The number of nitrogens with zero attached hydrogens (tertiary/aromatic N) is 1. The third-order valence-corrected chi connectivity index (χ3v) is 9.98. The summed E-state index contributed by atoms with van der Waals surface area (Å²) in [5, 5.41) is 44.0. The number of nitrogens with one attached hydrogen (secondary N) is 2. The van der Waals surface area contributed by atoms with Crippen LogP contribution >= 0.6 is 0 Å². The molecule has 2 aliphatic rings. The molecule has 5 aromatic rings. The first-order valence-corrected chi connectivity index (χ1v) is 16.9. The standard InChI is InChI=1S/C41H45N3O3/c1-5-6-7-9-26-14-19-29(20-15-26)44(28-17-12-25(2)13-18-28)30-21-23-31(34(45)24-30)36-39(46)37(40(36)47)32-22-16-27-10-8-11-33-35(27)38(32)43-41(3,4)42-33/h8,10-24,36-37,39-40,42-43,45-47H,5-7,9H2,1-4H3/t36?,37-,39-,40?/m0/s1. The van der Waals surface area contributed by atoms with Crippen LogP contribution in [0.1, 0.15) is 74.1 Å². The number of rotatable bonds is 9. The molecule has 0 saturated heterocycles. The molecule has 5 N–H and O–H groups in total. The average Bonchev–Trinajstić information content (AvgIpc) is 3.05. The van der Waals surface area contributed by atoms with Crippen molar-refractivity contribution in [2.75, 3.05) is 15.5 Å². The topological polar surface area (TPSA) is 88.0 Å². The summed E-state index contributed by atoms with van der Waals surface area (Å²) >= 11 is 0. The van der Waals surface area contributed by atoms with Crippen molar-refractivity contribution in [2.45, 2.75) is 83.1 Å². The van der Waals surface area contributed by atoms with Crippen LogP contribution in [0.15, 0.2) is 97.1 Å². The van der Waals surface area contributed by atoms with Gasteiger partial charge in [0.2, 0.25) is 0 Å². The van der Waals surface area contributed by atoms with Crippen molar-refractivity contribution < 1.29 is 15.3 Å². The SMILES string of the molecule is CCCCCc1ccc(N(c2ccc(C)cc2)c2ccc(C3C(O)[C@@H](c4ccc5cccc6c5c4NC(C)(C)N6)[C@H]3O)c(O)c2)cc1. The molecule has 0 amide bonds. The molecule has 2 unspecified atom stereocenters. The minimum Gasteiger partial charge on any atom is -0.508 e. The molecule has 1 aliphatic heterocycles. The van der Waals surface area contributed by atoms with Crippen LogP contribution in [0.25, 0.3) is 10.8 Å². The zero-order valence-corrected chi connectivity index (χ0v) is 27.7. The number of hydrogen-bond acceptors (Lipinski definition) is 6. The number of aliphatic hydroxyl groups is 2. The molecule has 0 bridgehead atoms. The lowest BCUT2D eigenvalue weighted by Gasteiger charge is -2.48. The van der Waals surface area contributed by atoms with Gasteiger partial charge in [0.15, 0.2) is 0 Å². The van der Waals surface area contributed by atoms with Gasteiger partial charge < -0.3 is 30.9 Å². The van der Waals surface area contributed by atoms with E-state index in [9.17, 15) is 15.3 Å². The van der Waals surface area contributed by atoms with Crippen LogP contribution in [0.4, 0.5) is 28.4 Å². The Morgan fingerprint density at radius 1 is 0.723 bits per heavy atom. The summed E-state index contributed by atoms with van der Waals surface area (Å²) in [5.74, 6) is -1.05. The molecule has 0 radical (unpaired) electrons. The van der Waals surface area contributed by atoms with Crippen molar-refractivity contribution >= 4 is 39.2 Å². The highest BCUT2D eigenvalue weighted by molar-refractivity contribution is 6.06. The van der Waals surface area contributed by atoms with E-state index in [0.29, 0.717) is 5.56 Å². The molecule has 1 saturated carbocycles. The van der Waals surface area contributed by atoms with Crippen LogP contribution in [-0.4, -0.2) is 33.2 Å². The molecule has 47 heavy (non-hydrogen) atoms. The van der Waals surface area contributed by atoms with Crippen molar-refractivity contribution in [2.24, 2.45) is 0 Å². The largest absolute Gasteiger partial charge is 0.508 e. The van der Waals surface area contributed by atoms with E-state index in [1.165, 1.54) is 30.4 Å². The summed E-state index contributed by atoms with van der Waals surface area (Å²) in [4.78, 5) is 2.13. The van der Waals surface area contributed by atoms with Crippen LogP contribution in [0, 0.1) is 6.92 Å². The van der Waals surface area contributed by atoms with Gasteiger partial charge in [-0.3, -0.25) is 0 Å². The minimum atomic E-state index is -0.865. The molecule has 5 aromatic carbocycles. The number of aryl methyl sites for hydroxylation is 2. The zero-order valence-electron chi connectivity index (χ0n) is 27.7. The number of unbranched alkanes of at least 4 members (excludes halogenated alkanes) is 2. The maximum atomic E-state index is 11.6. The number of phenols is 1. The number of aliphatic hydroxyl groups excluding tert-OH is 2. The second-order valence-corrected chi connectivity index (χ2v) is 13.9. The average molecular weight is 628 g/mol. The molecule has 1 fully saturated rings. The minimum absolute atomic E-state index is 0.0583. The second kappa shape index (κ2) is 12.3. The first-order chi connectivity index (χ1) is 22.6. The van der Waals surface area contributed by atoms with E-state index >= 15 is 0 Å². The number of phenolic OH excluding ortho intramolecular Hbond substituents is 1. The Balaban J connectivity index is 1.19. The van der Waals surface area contributed by atoms with Gasteiger partial charge in [0, 0.05) is 57.3 Å². The molecular weight excluding hydrogens is 582 g/mol. The van der Waals surface area contributed by atoms with Gasteiger partial charge in [-0.2, -0.15) is 0 Å². The Morgan fingerprint density at radius 2 is 1.36 bits per heavy atom. The van der Waals surface area contributed by atoms with E-state index in [-0.39, 0.29) is 5.75 Å². The van der Waals surface area contributed by atoms with Crippen LogP contribution < -0.4 is 15.5 Å². The van der Waals surface area contributed by atoms with Crippen molar-refractivity contribution in [3.8, 4) is 5.75 Å². The van der Waals surface area contributed by atoms with Gasteiger partial charge in [-0.15, -0.1) is 0 Å². The number of benzene rings is 5. The summed E-state index contributed by atoms with van der Waals surface area (Å²) in [5.41, 5.74) is 8.28. The van der Waals surface area contributed by atoms with Gasteiger partial charge in [0.25, 0.3) is 0 Å². The molecule has 1 aliphatic carbocycles. The van der Waals surface area contributed by atoms with Gasteiger partial charge in [0.05, 0.1) is 12.2 Å². The maximum absolute atomic E-state index is 11.6. The van der Waals surface area contributed by atoms with Gasteiger partial charge in [-0.1, -0.05) is 79.9 Å². The first kappa shape index (κ1) is 31.1. The third-order valence-electron chi connectivity index (χ3n) is 9.98. The van der Waals surface area contributed by atoms with Crippen molar-refractivity contribution in [1.29, 1.82) is 0 Å². The van der Waals surface area contributed by atoms with E-state index in [0.717, 1.165) is 51.2 Å². The summed E-state index contributed by atoms with van der Waals surface area (Å²) in [7, 11) is 0. The van der Waals surface area contributed by atoms with Crippen LogP contribution in [-0.2, 0) is 6.42 Å². The van der Waals surface area contributed by atoms with Crippen molar-refractivity contribution in [1.82, 2.24) is 0 Å². The number of anilines is 5. The van der Waals surface area contributed by atoms with E-state index in [4.69, 9.17) is 0 Å². The molecule has 7 rings (SSSR count). The number of aromatic hydroxyl groups is 1. The van der Waals surface area contributed by atoms with E-state index < -0.39 is 29.7 Å². The van der Waals surface area contributed by atoms with E-state index in [1.54, 1.807) is 6.07 Å². The zero-order chi connectivity index (χ0) is 32.9. The molecule has 0 spiro atoms. The molecule has 6 nitrogen and oxygen atoms in total. The highest BCUT2D eigenvalue weighted by Gasteiger charge is 2.52. The van der Waals surface area contributed by atoms with Gasteiger partial charge >= 0.3 is 0 Å². The molecule has 0 aromatic heterocycles. The molecular formula is C41H45N3O3. The fourth-order valence-electron chi connectivity index (χ4n) is 7.52. The third kappa shape index (κ3) is 5.70. The summed E-state index contributed by atoms with van der Waals surface area (Å²) in [6.07, 6.45) is 2.94. The van der Waals surface area contributed by atoms with Gasteiger partial charge in [-0.25, -0.2) is 0 Å². The van der Waals surface area contributed by atoms with Crippen LogP contribution in [0.3, 0.4) is 0 Å². The van der Waals surface area contributed by atoms with Crippen LogP contribution in [0.2, 0.25) is 0 Å². The lowest BCUT2D eigenvalue weighted by molar-refractivity contribution is -0.0789. The quantitative estimate of drug-likeness (QED) is 0.105. The fourth-order valence-corrected chi connectivity index (χ4v) is 7.52. The summed E-state index contributed by atoms with van der Waals surface area (Å²) < 4.78 is 0. The highest BCUT2D eigenvalue weighted by Crippen LogP contribution is 2.54. The molecule has 4 atom stereocenters. The predicted octanol–water partition coefficient (Wildman–Crippen LogP) is 9.23. The fraction of sp³-hybridized carbons (Fsp3) is 0.317. The summed E-state index contributed by atoms with van der Waals surface area (Å²) in [6, 6.07) is 32.8. The Hall–Kier alpha value is -4.52. The first-order valence-electron chi connectivity index (χ1n) is 16.9. The molecule has 242 valence electrons. The smallest absolute Gasteiger partial charge is 0.121 e. The van der Waals surface area contributed by atoms with E-state index in [2.05, 4.69) is 110 Å². The summed E-state index contributed by atoms with van der Waals surface area (Å²) in [6.45, 7) is 8.44. The van der Waals surface area contributed by atoms with Crippen molar-refractivity contribution in [3.05, 3.63) is 119 Å². The Labute approximate surface area is 277 Å². The Bertz CT molecular complexity index is 1890. The maximum Gasteiger partial charge on any atom is 0.121 e.